The number of thioether (sulfide) groups is 1. The standard InChI is InChI=1S/C24H23NO4S/c26-23(25-15-16-30-22-9-5-2-6-10-22)18-29-24(27)20-11-13-21(14-12-20)28-17-19-7-3-1-4-8-19/h1-14H,15-18H2,(H,25,26). The summed E-state index contributed by atoms with van der Waals surface area (Å²) in [5.74, 6) is 0.538. The summed E-state index contributed by atoms with van der Waals surface area (Å²) in [5, 5.41) is 2.74. The zero-order valence-electron chi connectivity index (χ0n) is 16.5. The van der Waals surface area contributed by atoms with E-state index in [4.69, 9.17) is 9.47 Å². The van der Waals surface area contributed by atoms with Gasteiger partial charge < -0.3 is 14.8 Å². The van der Waals surface area contributed by atoms with Crippen molar-refractivity contribution in [3.05, 3.63) is 96.1 Å². The molecule has 0 spiro atoms. The Morgan fingerprint density at radius 2 is 1.50 bits per heavy atom. The van der Waals surface area contributed by atoms with Crippen LogP contribution in [0.1, 0.15) is 15.9 Å². The largest absolute Gasteiger partial charge is 0.489 e. The van der Waals surface area contributed by atoms with E-state index in [1.165, 1.54) is 0 Å². The summed E-state index contributed by atoms with van der Waals surface area (Å²) in [6.07, 6.45) is 0. The number of hydrogen-bond acceptors (Lipinski definition) is 5. The second kappa shape index (κ2) is 11.7. The average Bonchev–Trinajstić information content (AvgIpc) is 2.80. The van der Waals surface area contributed by atoms with Gasteiger partial charge in [-0.1, -0.05) is 48.5 Å². The number of carbonyl (C=O) groups is 2. The van der Waals surface area contributed by atoms with Crippen LogP contribution >= 0.6 is 11.8 Å². The maximum absolute atomic E-state index is 12.1. The molecule has 1 N–H and O–H groups in total. The molecule has 0 aliphatic rings. The summed E-state index contributed by atoms with van der Waals surface area (Å²) in [7, 11) is 0. The molecule has 5 nitrogen and oxygen atoms in total. The quantitative estimate of drug-likeness (QED) is 0.300. The van der Waals surface area contributed by atoms with Crippen molar-refractivity contribution in [1.82, 2.24) is 5.32 Å². The van der Waals surface area contributed by atoms with Crippen LogP contribution in [0.5, 0.6) is 5.75 Å². The van der Waals surface area contributed by atoms with Gasteiger partial charge in [-0.3, -0.25) is 4.79 Å². The third kappa shape index (κ3) is 7.29. The summed E-state index contributed by atoms with van der Waals surface area (Å²) in [6.45, 7) is 0.651. The van der Waals surface area contributed by atoms with Crippen LogP contribution in [-0.4, -0.2) is 30.8 Å². The van der Waals surface area contributed by atoms with E-state index in [9.17, 15) is 9.59 Å². The number of hydrogen-bond donors (Lipinski definition) is 1. The summed E-state index contributed by atoms with van der Waals surface area (Å²) in [6, 6.07) is 26.4. The van der Waals surface area contributed by atoms with Crippen molar-refractivity contribution in [3.63, 3.8) is 0 Å². The molecule has 0 aromatic heterocycles. The lowest BCUT2D eigenvalue weighted by molar-refractivity contribution is -0.124. The average molecular weight is 422 g/mol. The van der Waals surface area contributed by atoms with E-state index < -0.39 is 5.97 Å². The van der Waals surface area contributed by atoms with E-state index in [-0.39, 0.29) is 12.5 Å². The fourth-order valence-corrected chi connectivity index (χ4v) is 3.36. The van der Waals surface area contributed by atoms with Gasteiger partial charge in [0.25, 0.3) is 5.91 Å². The zero-order valence-corrected chi connectivity index (χ0v) is 17.3. The minimum Gasteiger partial charge on any atom is -0.489 e. The van der Waals surface area contributed by atoms with Gasteiger partial charge in [-0.25, -0.2) is 4.79 Å². The first-order valence-electron chi connectivity index (χ1n) is 9.59. The number of amides is 1. The molecule has 0 radical (unpaired) electrons. The van der Waals surface area contributed by atoms with Crippen molar-refractivity contribution < 1.29 is 19.1 Å². The highest BCUT2D eigenvalue weighted by atomic mass is 32.2. The second-order valence-electron chi connectivity index (χ2n) is 6.39. The van der Waals surface area contributed by atoms with Crippen molar-refractivity contribution in [2.75, 3.05) is 18.9 Å². The molecule has 0 fully saturated rings. The van der Waals surface area contributed by atoms with Crippen LogP contribution in [0.15, 0.2) is 89.8 Å². The van der Waals surface area contributed by atoms with Crippen LogP contribution in [0.3, 0.4) is 0 Å². The van der Waals surface area contributed by atoms with Crippen LogP contribution in [-0.2, 0) is 16.1 Å². The lowest BCUT2D eigenvalue weighted by Crippen LogP contribution is -2.30. The first-order chi connectivity index (χ1) is 14.7. The Kier molecular flexibility index (Phi) is 8.35. The van der Waals surface area contributed by atoms with E-state index in [2.05, 4.69) is 5.32 Å². The second-order valence-corrected chi connectivity index (χ2v) is 7.55. The highest BCUT2D eigenvalue weighted by Crippen LogP contribution is 2.16. The molecule has 6 heteroatoms. The molecule has 30 heavy (non-hydrogen) atoms. The number of nitrogens with one attached hydrogen (secondary N) is 1. The number of benzene rings is 3. The molecule has 154 valence electrons. The van der Waals surface area contributed by atoms with Gasteiger partial charge in [-0.05, 0) is 42.0 Å². The highest BCUT2D eigenvalue weighted by Gasteiger charge is 2.10. The lowest BCUT2D eigenvalue weighted by Gasteiger charge is -2.08. The van der Waals surface area contributed by atoms with Gasteiger partial charge in [0.2, 0.25) is 0 Å². The maximum Gasteiger partial charge on any atom is 0.338 e. The van der Waals surface area contributed by atoms with E-state index in [0.717, 1.165) is 16.2 Å². The van der Waals surface area contributed by atoms with Gasteiger partial charge in [0.05, 0.1) is 5.56 Å². The zero-order chi connectivity index (χ0) is 21.0. The molecule has 3 rings (SSSR count). The summed E-state index contributed by atoms with van der Waals surface area (Å²) in [5.41, 5.74) is 1.43. The van der Waals surface area contributed by atoms with Gasteiger partial charge in [0.15, 0.2) is 6.61 Å². The third-order valence-electron chi connectivity index (χ3n) is 4.11. The Morgan fingerprint density at radius 3 is 2.20 bits per heavy atom. The molecule has 0 unspecified atom stereocenters. The van der Waals surface area contributed by atoms with E-state index in [0.29, 0.717) is 24.5 Å². The monoisotopic (exact) mass is 421 g/mol. The predicted octanol–water partition coefficient (Wildman–Crippen LogP) is 4.33. The number of ether oxygens (including phenoxy) is 2. The minimum absolute atomic E-state index is 0.304. The number of esters is 1. The van der Waals surface area contributed by atoms with Crippen LogP contribution in [0.2, 0.25) is 0 Å². The van der Waals surface area contributed by atoms with Gasteiger partial charge in [0, 0.05) is 17.2 Å². The predicted molar refractivity (Wildman–Crippen MR) is 118 cm³/mol. The summed E-state index contributed by atoms with van der Waals surface area (Å²) in [4.78, 5) is 25.1. The smallest absolute Gasteiger partial charge is 0.338 e. The highest BCUT2D eigenvalue weighted by molar-refractivity contribution is 7.99. The molecule has 0 aliphatic carbocycles. The first-order valence-corrected chi connectivity index (χ1v) is 10.6. The SMILES string of the molecule is O=C(COC(=O)c1ccc(OCc2ccccc2)cc1)NCCSc1ccccc1. The lowest BCUT2D eigenvalue weighted by atomic mass is 10.2. The van der Waals surface area contributed by atoms with Crippen LogP contribution in [0.4, 0.5) is 0 Å². The van der Waals surface area contributed by atoms with Crippen molar-refractivity contribution >= 4 is 23.6 Å². The third-order valence-corrected chi connectivity index (χ3v) is 5.12. The molecule has 0 saturated heterocycles. The topological polar surface area (TPSA) is 64.6 Å². The fraction of sp³-hybridized carbons (Fsp3) is 0.167. The van der Waals surface area contributed by atoms with Gasteiger partial charge in [0.1, 0.15) is 12.4 Å². The first kappa shape index (κ1) is 21.5. The Balaban J connectivity index is 1.34. The molecule has 3 aromatic carbocycles. The van der Waals surface area contributed by atoms with Crippen LogP contribution in [0.25, 0.3) is 0 Å². The van der Waals surface area contributed by atoms with Crippen molar-refractivity contribution in [3.8, 4) is 5.75 Å². The normalized spacial score (nSPS) is 10.3. The Morgan fingerprint density at radius 1 is 0.833 bits per heavy atom. The van der Waals surface area contributed by atoms with Gasteiger partial charge in [-0.2, -0.15) is 0 Å². The van der Waals surface area contributed by atoms with E-state index in [1.807, 2.05) is 60.7 Å². The van der Waals surface area contributed by atoms with Gasteiger partial charge >= 0.3 is 5.97 Å². The summed E-state index contributed by atoms with van der Waals surface area (Å²) >= 11 is 1.65. The molecule has 0 bridgehead atoms. The molecule has 0 heterocycles. The van der Waals surface area contributed by atoms with E-state index >= 15 is 0 Å². The van der Waals surface area contributed by atoms with Crippen LogP contribution in [0, 0.1) is 0 Å². The maximum atomic E-state index is 12.1. The molecule has 0 saturated carbocycles. The number of carbonyl (C=O) groups excluding carboxylic acids is 2. The van der Waals surface area contributed by atoms with Crippen molar-refractivity contribution in [2.24, 2.45) is 0 Å². The summed E-state index contributed by atoms with van der Waals surface area (Å²) < 4.78 is 10.8. The molecule has 0 atom stereocenters. The van der Waals surface area contributed by atoms with Gasteiger partial charge in [-0.15, -0.1) is 11.8 Å². The Hall–Kier alpha value is -3.25. The van der Waals surface area contributed by atoms with Crippen molar-refractivity contribution in [2.45, 2.75) is 11.5 Å². The molecular formula is C24H23NO4S. The molecule has 0 aliphatic heterocycles. The molecule has 1 amide bonds. The number of rotatable bonds is 10. The molecular weight excluding hydrogens is 398 g/mol. The Labute approximate surface area is 180 Å². The molecule has 3 aromatic rings. The minimum atomic E-state index is -0.543. The Bertz CT molecular complexity index is 930. The van der Waals surface area contributed by atoms with Crippen LogP contribution < -0.4 is 10.1 Å². The van der Waals surface area contributed by atoms with E-state index in [1.54, 1.807) is 36.0 Å². The fourth-order valence-electron chi connectivity index (χ4n) is 2.57. The van der Waals surface area contributed by atoms with Crippen molar-refractivity contribution in [1.29, 1.82) is 0 Å².